The number of rotatable bonds is 8. The number of carbonyl (C=O) groups excluding carboxylic acids is 1. The molecule has 0 bridgehead atoms. The van der Waals surface area contributed by atoms with Gasteiger partial charge in [-0.3, -0.25) is 4.79 Å². The topological polar surface area (TPSA) is 54.0 Å². The first kappa shape index (κ1) is 24.4. The molecule has 174 valence electrons. The SMILES string of the molecule is CN1c2cc(F)c(F)cc2CC1(OCCOCc1ccccc1)C1CNCCN1C=O.Cl. The number of hydrogen-bond donors (Lipinski definition) is 1. The smallest absolute Gasteiger partial charge is 0.210 e. The lowest BCUT2D eigenvalue weighted by Crippen LogP contribution is -2.68. The number of ether oxygens (including phenoxy) is 2. The molecule has 2 aromatic carbocycles. The Hall–Kier alpha value is -2.26. The van der Waals surface area contributed by atoms with Gasteiger partial charge in [-0.05, 0) is 17.2 Å². The molecular weight excluding hydrogens is 440 g/mol. The maximum absolute atomic E-state index is 14.0. The quantitative estimate of drug-likeness (QED) is 0.478. The van der Waals surface area contributed by atoms with Gasteiger partial charge < -0.3 is 24.6 Å². The molecule has 2 unspecified atom stereocenters. The van der Waals surface area contributed by atoms with Crippen LogP contribution in [0.1, 0.15) is 11.1 Å². The summed E-state index contributed by atoms with van der Waals surface area (Å²) < 4.78 is 40.0. The van der Waals surface area contributed by atoms with E-state index in [4.69, 9.17) is 9.47 Å². The first-order valence-electron chi connectivity index (χ1n) is 10.4. The molecule has 0 spiro atoms. The van der Waals surface area contributed by atoms with Gasteiger partial charge in [-0.15, -0.1) is 12.4 Å². The zero-order valence-corrected chi connectivity index (χ0v) is 18.7. The van der Waals surface area contributed by atoms with Crippen LogP contribution < -0.4 is 10.2 Å². The minimum absolute atomic E-state index is 0. The third kappa shape index (κ3) is 4.73. The van der Waals surface area contributed by atoms with E-state index >= 15 is 0 Å². The van der Waals surface area contributed by atoms with E-state index in [9.17, 15) is 13.6 Å². The fourth-order valence-corrected chi connectivity index (χ4v) is 4.52. The molecule has 6 nitrogen and oxygen atoms in total. The van der Waals surface area contributed by atoms with Gasteiger partial charge in [-0.2, -0.15) is 0 Å². The normalized spacial score (nSPS) is 22.4. The molecule has 0 radical (unpaired) electrons. The summed E-state index contributed by atoms with van der Waals surface area (Å²) in [5.41, 5.74) is 1.34. The molecule has 0 aliphatic carbocycles. The van der Waals surface area contributed by atoms with Crippen LogP contribution in [0.15, 0.2) is 42.5 Å². The average molecular weight is 468 g/mol. The number of halogens is 3. The molecule has 0 aromatic heterocycles. The Morgan fingerprint density at radius 1 is 1.19 bits per heavy atom. The summed E-state index contributed by atoms with van der Waals surface area (Å²) in [7, 11) is 1.80. The minimum Gasteiger partial charge on any atom is -0.374 e. The summed E-state index contributed by atoms with van der Waals surface area (Å²) >= 11 is 0. The summed E-state index contributed by atoms with van der Waals surface area (Å²) in [6.45, 7) is 2.84. The van der Waals surface area contributed by atoms with E-state index in [0.29, 0.717) is 50.5 Å². The number of benzene rings is 2. The van der Waals surface area contributed by atoms with Crippen LogP contribution in [0.5, 0.6) is 0 Å². The molecule has 4 rings (SSSR count). The summed E-state index contributed by atoms with van der Waals surface area (Å²) in [4.78, 5) is 15.3. The molecule has 0 saturated carbocycles. The molecule has 1 fully saturated rings. The van der Waals surface area contributed by atoms with E-state index in [1.165, 1.54) is 12.1 Å². The Morgan fingerprint density at radius 2 is 1.94 bits per heavy atom. The maximum Gasteiger partial charge on any atom is 0.210 e. The molecule has 32 heavy (non-hydrogen) atoms. The zero-order chi connectivity index (χ0) is 21.8. The largest absolute Gasteiger partial charge is 0.374 e. The average Bonchev–Trinajstić information content (AvgIpc) is 3.06. The predicted molar refractivity (Wildman–Crippen MR) is 120 cm³/mol. The van der Waals surface area contributed by atoms with Crippen LogP contribution in [-0.4, -0.2) is 63.0 Å². The van der Waals surface area contributed by atoms with Crippen LogP contribution in [0, 0.1) is 11.6 Å². The molecule has 1 saturated heterocycles. The molecule has 1 amide bonds. The van der Waals surface area contributed by atoms with E-state index in [1.807, 2.05) is 35.2 Å². The van der Waals surface area contributed by atoms with Crippen molar-refractivity contribution in [2.75, 3.05) is 44.8 Å². The molecule has 2 atom stereocenters. The maximum atomic E-state index is 14.0. The van der Waals surface area contributed by atoms with Crippen LogP contribution in [0.2, 0.25) is 0 Å². The third-order valence-electron chi connectivity index (χ3n) is 6.13. The monoisotopic (exact) mass is 467 g/mol. The minimum atomic E-state index is -0.951. The highest BCUT2D eigenvalue weighted by molar-refractivity contribution is 5.85. The van der Waals surface area contributed by atoms with E-state index in [0.717, 1.165) is 12.0 Å². The van der Waals surface area contributed by atoms with Crippen molar-refractivity contribution in [1.29, 1.82) is 0 Å². The van der Waals surface area contributed by atoms with Crippen molar-refractivity contribution in [3.05, 3.63) is 65.2 Å². The van der Waals surface area contributed by atoms with Crippen LogP contribution >= 0.6 is 12.4 Å². The Balaban J connectivity index is 0.00000289. The highest BCUT2D eigenvalue weighted by atomic mass is 35.5. The van der Waals surface area contributed by atoms with E-state index in [-0.39, 0.29) is 25.1 Å². The van der Waals surface area contributed by atoms with Gasteiger partial charge in [0.2, 0.25) is 6.41 Å². The number of nitrogens with zero attached hydrogens (tertiary/aromatic N) is 2. The first-order valence-corrected chi connectivity index (χ1v) is 10.4. The zero-order valence-electron chi connectivity index (χ0n) is 17.9. The van der Waals surface area contributed by atoms with Crippen molar-refractivity contribution >= 4 is 24.5 Å². The van der Waals surface area contributed by atoms with Gasteiger partial charge in [0.25, 0.3) is 0 Å². The lowest BCUT2D eigenvalue weighted by atomic mass is 9.95. The van der Waals surface area contributed by atoms with Gasteiger partial charge in [0, 0.05) is 44.9 Å². The number of hydrogen-bond acceptors (Lipinski definition) is 5. The molecule has 2 aliphatic rings. The van der Waals surface area contributed by atoms with E-state index in [1.54, 1.807) is 11.9 Å². The van der Waals surface area contributed by atoms with Crippen LogP contribution in [-0.2, 0) is 27.3 Å². The number of piperazine rings is 1. The Kier molecular flexibility index (Phi) is 8.05. The highest BCUT2D eigenvalue weighted by Crippen LogP contribution is 2.43. The Morgan fingerprint density at radius 3 is 2.69 bits per heavy atom. The standard InChI is InChI=1S/C23H27F2N3O3.ClH/c1-27-21-12-20(25)19(24)11-18(21)13-23(27,22-14-26-7-8-28(22)16-29)31-10-9-30-15-17-5-3-2-4-6-17;/h2-6,11-12,16,22,26H,7-10,13-15H2,1H3;1H. The van der Waals surface area contributed by atoms with Crippen LogP contribution in [0.25, 0.3) is 0 Å². The number of amides is 1. The second-order valence-corrected chi connectivity index (χ2v) is 7.93. The van der Waals surface area contributed by atoms with Crippen molar-refractivity contribution < 1.29 is 23.0 Å². The molecule has 2 aromatic rings. The van der Waals surface area contributed by atoms with Gasteiger partial charge in [0.1, 0.15) is 0 Å². The number of nitrogens with one attached hydrogen (secondary N) is 1. The van der Waals surface area contributed by atoms with Crippen LogP contribution in [0.4, 0.5) is 14.5 Å². The molecule has 9 heteroatoms. The molecule has 1 N–H and O–H groups in total. The lowest BCUT2D eigenvalue weighted by Gasteiger charge is -2.48. The molecular formula is C23H28ClF2N3O3. The van der Waals surface area contributed by atoms with Gasteiger partial charge in [0.15, 0.2) is 17.4 Å². The summed E-state index contributed by atoms with van der Waals surface area (Å²) in [6, 6.07) is 11.9. The van der Waals surface area contributed by atoms with E-state index in [2.05, 4.69) is 5.32 Å². The van der Waals surface area contributed by atoms with Gasteiger partial charge in [0.05, 0.1) is 25.9 Å². The second-order valence-electron chi connectivity index (χ2n) is 7.93. The molecule has 2 heterocycles. The molecule has 2 aliphatic heterocycles. The van der Waals surface area contributed by atoms with Crippen molar-refractivity contribution in [1.82, 2.24) is 10.2 Å². The van der Waals surface area contributed by atoms with Crippen molar-refractivity contribution in [2.24, 2.45) is 0 Å². The number of fused-ring (bicyclic) bond motifs is 1. The second kappa shape index (κ2) is 10.6. The Labute approximate surface area is 192 Å². The lowest BCUT2D eigenvalue weighted by molar-refractivity contribution is -0.139. The van der Waals surface area contributed by atoms with Crippen molar-refractivity contribution in [3.8, 4) is 0 Å². The number of likely N-dealkylation sites (N-methyl/N-ethyl adjacent to an activating group) is 1. The highest BCUT2D eigenvalue weighted by Gasteiger charge is 2.52. The number of anilines is 1. The van der Waals surface area contributed by atoms with Crippen LogP contribution in [0.3, 0.4) is 0 Å². The summed E-state index contributed by atoms with van der Waals surface area (Å²) in [5.74, 6) is -1.79. The third-order valence-corrected chi connectivity index (χ3v) is 6.13. The van der Waals surface area contributed by atoms with E-state index < -0.39 is 17.4 Å². The van der Waals surface area contributed by atoms with Crippen molar-refractivity contribution in [2.45, 2.75) is 24.8 Å². The fraction of sp³-hybridized carbons (Fsp3) is 0.435. The van der Waals surface area contributed by atoms with Gasteiger partial charge in [-0.25, -0.2) is 8.78 Å². The fourth-order valence-electron chi connectivity index (χ4n) is 4.52. The first-order chi connectivity index (χ1) is 15.0. The summed E-state index contributed by atoms with van der Waals surface area (Å²) in [5, 5.41) is 3.31. The van der Waals surface area contributed by atoms with Crippen molar-refractivity contribution in [3.63, 3.8) is 0 Å². The van der Waals surface area contributed by atoms with Gasteiger partial charge >= 0.3 is 0 Å². The Bertz CT molecular complexity index is 921. The predicted octanol–water partition coefficient (Wildman–Crippen LogP) is 2.74. The summed E-state index contributed by atoms with van der Waals surface area (Å²) in [6.07, 6.45) is 1.16. The van der Waals surface area contributed by atoms with Gasteiger partial charge in [-0.1, -0.05) is 30.3 Å². The number of carbonyl (C=O) groups is 1.